The van der Waals surface area contributed by atoms with Crippen molar-refractivity contribution in [1.29, 1.82) is 0 Å². The minimum Gasteiger partial charge on any atom is -0.467 e. The molecule has 0 bridgehead atoms. The highest BCUT2D eigenvalue weighted by molar-refractivity contribution is 5.58. The number of halogens is 1. The zero-order chi connectivity index (χ0) is 20.8. The molecule has 0 aliphatic rings. The molecule has 0 saturated heterocycles. The van der Waals surface area contributed by atoms with Crippen LogP contribution in [0.3, 0.4) is 0 Å². The standard InChI is InChI=1S/C21H20FN7O/c1-14(15-4-6-16(22)7-5-15)26-21-28-18(25-12-17-3-2-10-30-17)11-19(29-21)27-20-13-23-8-9-24-20/h2-11,13-14H,12H2,1H3,(H3,24,25,26,27,28,29). The summed E-state index contributed by atoms with van der Waals surface area (Å²) >= 11 is 0. The van der Waals surface area contributed by atoms with Gasteiger partial charge in [0.25, 0.3) is 0 Å². The molecule has 4 rings (SSSR count). The van der Waals surface area contributed by atoms with Gasteiger partial charge < -0.3 is 20.4 Å². The summed E-state index contributed by atoms with van der Waals surface area (Å²) in [6.45, 7) is 2.43. The molecule has 0 radical (unpaired) electrons. The van der Waals surface area contributed by atoms with Crippen molar-refractivity contribution in [3.05, 3.63) is 84.5 Å². The van der Waals surface area contributed by atoms with Gasteiger partial charge in [-0.05, 0) is 36.8 Å². The highest BCUT2D eigenvalue weighted by atomic mass is 19.1. The maximum atomic E-state index is 13.2. The Morgan fingerprint density at radius 3 is 2.60 bits per heavy atom. The van der Waals surface area contributed by atoms with Crippen LogP contribution in [0.4, 0.5) is 27.8 Å². The summed E-state index contributed by atoms with van der Waals surface area (Å²) in [4.78, 5) is 17.3. The molecule has 1 aromatic carbocycles. The number of hydrogen-bond donors (Lipinski definition) is 3. The van der Waals surface area contributed by atoms with Crippen LogP contribution < -0.4 is 16.0 Å². The van der Waals surface area contributed by atoms with Crippen molar-refractivity contribution in [3.63, 3.8) is 0 Å². The average Bonchev–Trinajstić information content (AvgIpc) is 3.27. The second-order valence-electron chi connectivity index (χ2n) is 6.53. The molecule has 1 unspecified atom stereocenters. The lowest BCUT2D eigenvalue weighted by atomic mass is 10.1. The van der Waals surface area contributed by atoms with E-state index in [0.717, 1.165) is 11.3 Å². The van der Waals surface area contributed by atoms with E-state index in [1.807, 2.05) is 19.1 Å². The third-order valence-electron chi connectivity index (χ3n) is 4.28. The Morgan fingerprint density at radius 1 is 1.03 bits per heavy atom. The zero-order valence-corrected chi connectivity index (χ0v) is 16.2. The monoisotopic (exact) mass is 405 g/mol. The van der Waals surface area contributed by atoms with E-state index >= 15 is 0 Å². The van der Waals surface area contributed by atoms with E-state index in [1.54, 1.807) is 43.1 Å². The fraction of sp³-hybridized carbons (Fsp3) is 0.143. The predicted molar refractivity (Wildman–Crippen MR) is 112 cm³/mol. The van der Waals surface area contributed by atoms with Gasteiger partial charge in [-0.3, -0.25) is 4.98 Å². The topological polar surface area (TPSA) is 101 Å². The van der Waals surface area contributed by atoms with Gasteiger partial charge in [0.05, 0.1) is 25.0 Å². The molecule has 0 aliphatic carbocycles. The smallest absolute Gasteiger partial charge is 0.227 e. The molecule has 3 N–H and O–H groups in total. The molecule has 152 valence electrons. The van der Waals surface area contributed by atoms with Crippen LogP contribution in [0.5, 0.6) is 0 Å². The normalized spacial score (nSPS) is 11.7. The number of rotatable bonds is 8. The molecular formula is C21H20FN7O. The summed E-state index contributed by atoms with van der Waals surface area (Å²) in [6, 6.07) is 11.7. The minimum absolute atomic E-state index is 0.129. The fourth-order valence-electron chi connectivity index (χ4n) is 2.78. The van der Waals surface area contributed by atoms with Crippen molar-refractivity contribution < 1.29 is 8.81 Å². The minimum atomic E-state index is -0.276. The maximum absolute atomic E-state index is 13.2. The SMILES string of the molecule is CC(Nc1nc(NCc2ccco2)cc(Nc2cnccn2)n1)c1ccc(F)cc1. The van der Waals surface area contributed by atoms with E-state index in [1.165, 1.54) is 12.1 Å². The van der Waals surface area contributed by atoms with Crippen molar-refractivity contribution in [1.82, 2.24) is 19.9 Å². The van der Waals surface area contributed by atoms with E-state index in [0.29, 0.717) is 29.9 Å². The summed E-state index contributed by atoms with van der Waals surface area (Å²) in [5.74, 6) is 2.62. The van der Waals surface area contributed by atoms with Crippen molar-refractivity contribution in [3.8, 4) is 0 Å². The molecule has 3 heterocycles. The molecule has 0 aliphatic heterocycles. The number of aromatic nitrogens is 4. The average molecular weight is 405 g/mol. The summed E-state index contributed by atoms with van der Waals surface area (Å²) in [6.07, 6.45) is 6.41. The Morgan fingerprint density at radius 2 is 1.87 bits per heavy atom. The number of benzene rings is 1. The van der Waals surface area contributed by atoms with Gasteiger partial charge >= 0.3 is 0 Å². The molecule has 3 aromatic heterocycles. The first kappa shape index (κ1) is 19.3. The quantitative estimate of drug-likeness (QED) is 0.393. The van der Waals surface area contributed by atoms with Gasteiger partial charge in [0.15, 0.2) is 0 Å². The number of nitrogens with zero attached hydrogens (tertiary/aromatic N) is 4. The lowest BCUT2D eigenvalue weighted by Crippen LogP contribution is -2.12. The number of furan rings is 1. The number of anilines is 4. The van der Waals surface area contributed by atoms with Crippen LogP contribution in [0.15, 0.2) is 71.7 Å². The van der Waals surface area contributed by atoms with Gasteiger partial charge in [-0.15, -0.1) is 0 Å². The van der Waals surface area contributed by atoms with Gasteiger partial charge in [-0.2, -0.15) is 9.97 Å². The summed E-state index contributed by atoms with van der Waals surface area (Å²) in [5.41, 5.74) is 0.914. The lowest BCUT2D eigenvalue weighted by Gasteiger charge is -2.16. The Labute approximate surface area is 172 Å². The number of hydrogen-bond acceptors (Lipinski definition) is 8. The van der Waals surface area contributed by atoms with E-state index < -0.39 is 0 Å². The van der Waals surface area contributed by atoms with Crippen molar-refractivity contribution in [2.75, 3.05) is 16.0 Å². The van der Waals surface area contributed by atoms with Crippen LogP contribution in [-0.4, -0.2) is 19.9 Å². The van der Waals surface area contributed by atoms with Crippen molar-refractivity contribution in [2.24, 2.45) is 0 Å². The molecule has 30 heavy (non-hydrogen) atoms. The summed E-state index contributed by atoms with van der Waals surface area (Å²) in [7, 11) is 0. The van der Waals surface area contributed by atoms with Crippen LogP contribution in [0.2, 0.25) is 0 Å². The van der Waals surface area contributed by atoms with Crippen LogP contribution in [-0.2, 0) is 6.54 Å². The van der Waals surface area contributed by atoms with E-state index in [4.69, 9.17) is 4.42 Å². The van der Waals surface area contributed by atoms with E-state index in [-0.39, 0.29) is 11.9 Å². The summed E-state index contributed by atoms with van der Waals surface area (Å²) < 4.78 is 18.6. The second kappa shape index (κ2) is 8.99. The van der Waals surface area contributed by atoms with Crippen LogP contribution in [0.1, 0.15) is 24.3 Å². The molecule has 0 fully saturated rings. The zero-order valence-electron chi connectivity index (χ0n) is 16.2. The number of nitrogens with one attached hydrogen (secondary N) is 3. The Balaban J connectivity index is 1.56. The highest BCUT2D eigenvalue weighted by Crippen LogP contribution is 2.22. The first-order valence-corrected chi connectivity index (χ1v) is 9.36. The Bertz CT molecular complexity index is 1070. The Hall–Kier alpha value is -4.01. The Kier molecular flexibility index (Phi) is 5.79. The van der Waals surface area contributed by atoms with Gasteiger partial charge in [-0.1, -0.05) is 12.1 Å². The molecule has 8 nitrogen and oxygen atoms in total. The fourth-order valence-corrected chi connectivity index (χ4v) is 2.78. The molecule has 9 heteroatoms. The predicted octanol–water partition coefficient (Wildman–Crippen LogP) is 4.53. The second-order valence-corrected chi connectivity index (χ2v) is 6.53. The first-order valence-electron chi connectivity index (χ1n) is 9.36. The van der Waals surface area contributed by atoms with Crippen LogP contribution in [0.25, 0.3) is 0 Å². The van der Waals surface area contributed by atoms with Crippen LogP contribution >= 0.6 is 0 Å². The molecule has 0 amide bonds. The highest BCUT2D eigenvalue weighted by Gasteiger charge is 2.11. The third kappa shape index (κ3) is 5.07. The molecule has 0 saturated carbocycles. The first-order chi connectivity index (χ1) is 14.7. The van der Waals surface area contributed by atoms with Gasteiger partial charge in [0.1, 0.15) is 29.0 Å². The largest absolute Gasteiger partial charge is 0.467 e. The molecule has 0 spiro atoms. The van der Waals surface area contributed by atoms with E-state index in [2.05, 4.69) is 35.9 Å². The summed E-state index contributed by atoms with van der Waals surface area (Å²) in [5, 5.41) is 9.60. The lowest BCUT2D eigenvalue weighted by molar-refractivity contribution is 0.518. The van der Waals surface area contributed by atoms with Gasteiger partial charge in [0.2, 0.25) is 5.95 Å². The molecular weight excluding hydrogens is 385 g/mol. The van der Waals surface area contributed by atoms with Gasteiger partial charge in [0, 0.05) is 18.5 Å². The van der Waals surface area contributed by atoms with E-state index in [9.17, 15) is 4.39 Å². The van der Waals surface area contributed by atoms with Gasteiger partial charge in [-0.25, -0.2) is 9.37 Å². The third-order valence-corrected chi connectivity index (χ3v) is 4.28. The molecule has 1 atom stereocenters. The van der Waals surface area contributed by atoms with Crippen molar-refractivity contribution >= 4 is 23.4 Å². The van der Waals surface area contributed by atoms with Crippen molar-refractivity contribution in [2.45, 2.75) is 19.5 Å². The molecule has 4 aromatic rings. The maximum Gasteiger partial charge on any atom is 0.227 e. The van der Waals surface area contributed by atoms with Crippen LogP contribution in [0, 0.1) is 5.82 Å².